The standard InChI is InChI=1S/C29H45FN6O3S/c1-2-5-21-12-22(16-32-15-20-8-10-25(11-9-20)40(31,38)39)14-23(13-21)17-33-28-26(30)19-35-29(36-28)34-18-24-6-3-4-7-27(24)37/h3-4,6-7,19-23,25,32,37H,2,5,8-18H2,1H3,(H2,31,38,39)(H2,33,34,35,36)/t20-,21?,22-,23-,25-/m1/s1. The molecule has 1 aromatic carbocycles. The number of rotatable bonds is 13. The molecule has 2 aromatic rings. The van der Waals surface area contributed by atoms with Gasteiger partial charge >= 0.3 is 0 Å². The molecule has 2 aliphatic carbocycles. The molecule has 2 fully saturated rings. The van der Waals surface area contributed by atoms with E-state index in [-0.39, 0.29) is 16.8 Å². The van der Waals surface area contributed by atoms with Crippen molar-refractivity contribution < 1.29 is 17.9 Å². The van der Waals surface area contributed by atoms with E-state index in [9.17, 15) is 17.9 Å². The molecule has 0 amide bonds. The van der Waals surface area contributed by atoms with Gasteiger partial charge in [-0.15, -0.1) is 0 Å². The second kappa shape index (κ2) is 14.4. The SMILES string of the molecule is CCCC1C[C@@H](CNC[C@H]2CC[C@H](S(N)(=O)=O)CC2)C[C@H](CNc2nc(NCc3ccccc3O)ncc2F)C1. The molecule has 222 valence electrons. The topological polar surface area (TPSA) is 142 Å². The van der Waals surface area contributed by atoms with Crippen LogP contribution in [0.1, 0.15) is 70.3 Å². The van der Waals surface area contributed by atoms with E-state index in [1.54, 1.807) is 12.1 Å². The summed E-state index contributed by atoms with van der Waals surface area (Å²) < 4.78 is 37.8. The lowest BCUT2D eigenvalue weighted by Crippen LogP contribution is -2.37. The number of hydrogen-bond donors (Lipinski definition) is 5. The zero-order valence-corrected chi connectivity index (χ0v) is 24.3. The van der Waals surface area contributed by atoms with E-state index >= 15 is 0 Å². The number of sulfonamides is 1. The van der Waals surface area contributed by atoms with Crippen LogP contribution in [0.5, 0.6) is 5.75 Å². The lowest BCUT2D eigenvalue weighted by Gasteiger charge is -2.36. The van der Waals surface area contributed by atoms with Gasteiger partial charge in [-0.25, -0.2) is 22.9 Å². The van der Waals surface area contributed by atoms with Crippen LogP contribution in [-0.4, -0.2) is 48.4 Å². The van der Waals surface area contributed by atoms with Crippen molar-refractivity contribution in [2.75, 3.05) is 30.3 Å². The quantitative estimate of drug-likeness (QED) is 0.233. The first-order valence-electron chi connectivity index (χ1n) is 14.7. The second-order valence-corrected chi connectivity index (χ2v) is 13.6. The van der Waals surface area contributed by atoms with Gasteiger partial charge in [0.25, 0.3) is 0 Å². The molecule has 0 radical (unpaired) electrons. The zero-order valence-electron chi connectivity index (χ0n) is 23.5. The third kappa shape index (κ3) is 9.01. The summed E-state index contributed by atoms with van der Waals surface area (Å²) in [6.07, 6.45) is 10.1. The van der Waals surface area contributed by atoms with Crippen LogP contribution in [0.2, 0.25) is 0 Å². The fraction of sp³-hybridized carbons (Fsp3) is 0.655. The Labute approximate surface area is 238 Å². The molecule has 1 unspecified atom stereocenters. The van der Waals surface area contributed by atoms with Gasteiger partial charge in [-0.05, 0) is 87.8 Å². The number of phenolic OH excluding ortho intramolecular Hbond substituents is 1. The number of benzene rings is 1. The molecular formula is C29H45FN6O3S. The summed E-state index contributed by atoms with van der Waals surface area (Å²) in [7, 11) is -3.42. The molecule has 4 rings (SSSR count). The zero-order chi connectivity index (χ0) is 28.5. The van der Waals surface area contributed by atoms with Crippen LogP contribution in [-0.2, 0) is 16.6 Å². The fourth-order valence-corrected chi connectivity index (χ4v) is 7.42. The van der Waals surface area contributed by atoms with E-state index in [0.29, 0.717) is 61.1 Å². The van der Waals surface area contributed by atoms with Gasteiger partial charge in [-0.1, -0.05) is 38.0 Å². The Morgan fingerprint density at radius 2 is 1.65 bits per heavy atom. The van der Waals surface area contributed by atoms with Crippen molar-refractivity contribution in [3.8, 4) is 5.75 Å². The molecular weight excluding hydrogens is 531 g/mol. The van der Waals surface area contributed by atoms with E-state index in [1.807, 2.05) is 12.1 Å². The van der Waals surface area contributed by atoms with Gasteiger partial charge in [0, 0.05) is 18.7 Å². The number of halogens is 1. The van der Waals surface area contributed by atoms with Crippen LogP contribution >= 0.6 is 0 Å². The number of aromatic hydroxyl groups is 1. The Hall–Kier alpha value is -2.50. The van der Waals surface area contributed by atoms with Crippen LogP contribution in [0, 0.1) is 29.5 Å². The summed E-state index contributed by atoms with van der Waals surface area (Å²) in [5, 5.41) is 24.9. The third-order valence-electron chi connectivity index (χ3n) is 8.55. The number of phenols is 1. The molecule has 6 N–H and O–H groups in total. The van der Waals surface area contributed by atoms with E-state index in [4.69, 9.17) is 5.14 Å². The van der Waals surface area contributed by atoms with E-state index in [0.717, 1.165) is 45.2 Å². The van der Waals surface area contributed by atoms with Crippen molar-refractivity contribution in [1.29, 1.82) is 0 Å². The number of para-hydroxylation sites is 1. The molecule has 1 aromatic heterocycles. The molecule has 0 bridgehead atoms. The van der Waals surface area contributed by atoms with Gasteiger partial charge in [0.2, 0.25) is 16.0 Å². The van der Waals surface area contributed by atoms with Crippen molar-refractivity contribution in [3.63, 3.8) is 0 Å². The predicted molar refractivity (Wildman–Crippen MR) is 157 cm³/mol. The summed E-state index contributed by atoms with van der Waals surface area (Å²) in [6.45, 7) is 5.08. The summed E-state index contributed by atoms with van der Waals surface area (Å²) >= 11 is 0. The highest BCUT2D eigenvalue weighted by Gasteiger charge is 2.30. The smallest absolute Gasteiger partial charge is 0.225 e. The molecule has 11 heteroatoms. The Balaban J connectivity index is 1.26. The van der Waals surface area contributed by atoms with Crippen molar-refractivity contribution in [3.05, 3.63) is 41.8 Å². The summed E-state index contributed by atoms with van der Waals surface area (Å²) in [5.41, 5.74) is 0.713. The molecule has 2 saturated carbocycles. The lowest BCUT2D eigenvalue weighted by atomic mass is 9.73. The van der Waals surface area contributed by atoms with E-state index in [2.05, 4.69) is 32.8 Å². The normalized spacial score (nSPS) is 25.4. The molecule has 3 atom stereocenters. The van der Waals surface area contributed by atoms with Crippen molar-refractivity contribution >= 4 is 21.8 Å². The van der Waals surface area contributed by atoms with Crippen LogP contribution in [0.3, 0.4) is 0 Å². The molecule has 1 heterocycles. The van der Waals surface area contributed by atoms with Gasteiger partial charge in [0.05, 0.1) is 11.4 Å². The Kier molecular flexibility index (Phi) is 11.0. The number of aromatic nitrogens is 2. The predicted octanol–water partition coefficient (Wildman–Crippen LogP) is 4.61. The average molecular weight is 577 g/mol. The van der Waals surface area contributed by atoms with E-state index in [1.165, 1.54) is 19.0 Å². The van der Waals surface area contributed by atoms with Gasteiger partial charge in [-0.3, -0.25) is 0 Å². The van der Waals surface area contributed by atoms with Crippen LogP contribution in [0.4, 0.5) is 16.2 Å². The Bertz CT molecular complexity index is 1190. The monoisotopic (exact) mass is 576 g/mol. The summed E-state index contributed by atoms with van der Waals surface area (Å²) in [4.78, 5) is 8.40. The maximum absolute atomic E-state index is 14.6. The number of hydrogen-bond acceptors (Lipinski definition) is 8. The van der Waals surface area contributed by atoms with Crippen LogP contribution in [0.25, 0.3) is 0 Å². The van der Waals surface area contributed by atoms with Gasteiger partial charge in [0.1, 0.15) is 5.75 Å². The number of nitrogens with zero attached hydrogens (tertiary/aromatic N) is 2. The average Bonchev–Trinajstić information content (AvgIpc) is 2.92. The lowest BCUT2D eigenvalue weighted by molar-refractivity contribution is 0.186. The first-order valence-corrected chi connectivity index (χ1v) is 16.3. The summed E-state index contributed by atoms with van der Waals surface area (Å²) in [5.74, 6) is 2.35. The summed E-state index contributed by atoms with van der Waals surface area (Å²) in [6, 6.07) is 7.04. The molecule has 40 heavy (non-hydrogen) atoms. The van der Waals surface area contributed by atoms with E-state index < -0.39 is 15.8 Å². The van der Waals surface area contributed by atoms with Crippen molar-refractivity contribution in [2.45, 2.75) is 76.5 Å². The minimum atomic E-state index is -3.42. The maximum atomic E-state index is 14.6. The molecule has 0 saturated heterocycles. The highest BCUT2D eigenvalue weighted by atomic mass is 32.2. The van der Waals surface area contributed by atoms with Crippen molar-refractivity contribution in [2.24, 2.45) is 28.8 Å². The molecule has 2 aliphatic rings. The highest BCUT2D eigenvalue weighted by molar-refractivity contribution is 7.89. The Morgan fingerprint density at radius 3 is 2.35 bits per heavy atom. The Morgan fingerprint density at radius 1 is 0.975 bits per heavy atom. The minimum absolute atomic E-state index is 0.188. The molecule has 0 aliphatic heterocycles. The molecule has 0 spiro atoms. The van der Waals surface area contributed by atoms with Gasteiger partial charge in [0.15, 0.2) is 11.6 Å². The number of nitrogens with one attached hydrogen (secondary N) is 3. The maximum Gasteiger partial charge on any atom is 0.225 e. The minimum Gasteiger partial charge on any atom is -0.508 e. The second-order valence-electron chi connectivity index (χ2n) is 11.7. The third-order valence-corrected chi connectivity index (χ3v) is 9.95. The number of primary sulfonamides is 1. The first kappa shape index (κ1) is 30.5. The van der Waals surface area contributed by atoms with Crippen LogP contribution < -0.4 is 21.1 Å². The van der Waals surface area contributed by atoms with Crippen molar-refractivity contribution in [1.82, 2.24) is 15.3 Å². The first-order chi connectivity index (χ1) is 19.2. The van der Waals surface area contributed by atoms with Gasteiger partial charge < -0.3 is 21.1 Å². The fourth-order valence-electron chi connectivity index (χ4n) is 6.49. The largest absolute Gasteiger partial charge is 0.508 e. The van der Waals surface area contributed by atoms with Gasteiger partial charge in [-0.2, -0.15) is 4.98 Å². The number of anilines is 2. The molecule has 9 nitrogen and oxygen atoms in total. The van der Waals surface area contributed by atoms with Crippen LogP contribution in [0.15, 0.2) is 30.5 Å². The number of nitrogens with two attached hydrogens (primary N) is 1. The highest BCUT2D eigenvalue weighted by Crippen LogP contribution is 2.36.